The number of fused-ring (bicyclic) bond motifs is 1. The van der Waals surface area contributed by atoms with E-state index in [4.69, 9.17) is 4.74 Å². The van der Waals surface area contributed by atoms with E-state index in [1.807, 2.05) is 37.3 Å². The summed E-state index contributed by atoms with van der Waals surface area (Å²) in [7, 11) is 0. The summed E-state index contributed by atoms with van der Waals surface area (Å²) in [6.07, 6.45) is 7.94. The molecule has 29 heavy (non-hydrogen) atoms. The molecule has 0 saturated heterocycles. The van der Waals surface area contributed by atoms with Crippen molar-refractivity contribution in [1.29, 1.82) is 0 Å². The van der Waals surface area contributed by atoms with Crippen molar-refractivity contribution < 1.29 is 14.3 Å². The summed E-state index contributed by atoms with van der Waals surface area (Å²) in [4.78, 5) is 26.6. The molecule has 2 aliphatic carbocycles. The largest absolute Gasteiger partial charge is 0.459 e. The van der Waals surface area contributed by atoms with Crippen molar-refractivity contribution in [2.24, 2.45) is 11.3 Å². The molecule has 0 amide bonds. The van der Waals surface area contributed by atoms with E-state index < -0.39 is 0 Å². The third-order valence-corrected chi connectivity index (χ3v) is 6.44. The van der Waals surface area contributed by atoms with Gasteiger partial charge in [-0.25, -0.2) is 4.79 Å². The number of esters is 1. The molecule has 1 aromatic carbocycles. The van der Waals surface area contributed by atoms with Gasteiger partial charge < -0.3 is 10.1 Å². The van der Waals surface area contributed by atoms with Crippen LogP contribution in [0.25, 0.3) is 0 Å². The lowest BCUT2D eigenvalue weighted by Gasteiger charge is -2.41. The van der Waals surface area contributed by atoms with Crippen LogP contribution in [0.5, 0.6) is 0 Å². The standard InChI is InChI=1S/C25H31NO3/c1-16-21(24(28)29-18-12-8-5-9-13-18)22(17-10-6-4-7-11-17)23-19(26-16)14-25(2,3)15-20(23)27/h4,6-7,10-11,14,18,22-23,26H,5,8-9,12-13,15H2,1-3H3. The van der Waals surface area contributed by atoms with Gasteiger partial charge in [-0.05, 0) is 43.6 Å². The third-order valence-electron chi connectivity index (χ3n) is 6.44. The maximum Gasteiger partial charge on any atom is 0.336 e. The number of ether oxygens (including phenoxy) is 1. The Morgan fingerprint density at radius 1 is 1.07 bits per heavy atom. The minimum absolute atomic E-state index is 0.00842. The van der Waals surface area contributed by atoms with Gasteiger partial charge >= 0.3 is 5.97 Å². The molecule has 154 valence electrons. The molecular formula is C25H31NO3. The lowest BCUT2D eigenvalue weighted by atomic mass is 9.66. The van der Waals surface area contributed by atoms with Crippen molar-refractivity contribution in [1.82, 2.24) is 5.32 Å². The van der Waals surface area contributed by atoms with E-state index in [9.17, 15) is 9.59 Å². The number of hydrogen-bond donors (Lipinski definition) is 1. The van der Waals surface area contributed by atoms with Crippen molar-refractivity contribution >= 4 is 11.8 Å². The second-order valence-electron chi connectivity index (χ2n) is 9.43. The van der Waals surface area contributed by atoms with Crippen LogP contribution in [0.4, 0.5) is 0 Å². The van der Waals surface area contributed by atoms with Gasteiger partial charge in [-0.2, -0.15) is 0 Å². The molecule has 4 rings (SSSR count). The topological polar surface area (TPSA) is 55.4 Å². The Labute approximate surface area is 173 Å². The molecule has 0 radical (unpaired) electrons. The molecule has 0 aromatic heterocycles. The number of hydrogen-bond acceptors (Lipinski definition) is 4. The molecule has 4 nitrogen and oxygen atoms in total. The molecule has 1 aliphatic heterocycles. The van der Waals surface area contributed by atoms with Crippen molar-refractivity contribution in [3.05, 3.63) is 58.9 Å². The summed E-state index contributed by atoms with van der Waals surface area (Å²) in [6, 6.07) is 9.93. The number of carbonyl (C=O) groups excluding carboxylic acids is 2. The van der Waals surface area contributed by atoms with E-state index in [0.717, 1.165) is 42.6 Å². The average molecular weight is 394 g/mol. The van der Waals surface area contributed by atoms with Gasteiger partial charge in [0.15, 0.2) is 0 Å². The van der Waals surface area contributed by atoms with E-state index in [1.54, 1.807) is 0 Å². The SMILES string of the molecule is CC1=C(C(=O)OC2CCCCC2)C(c2ccccc2)C2C(=O)CC(C)(C)C=C2N1. The van der Waals surface area contributed by atoms with Crippen molar-refractivity contribution in [3.63, 3.8) is 0 Å². The van der Waals surface area contributed by atoms with Gasteiger partial charge in [0, 0.05) is 23.7 Å². The first-order valence-electron chi connectivity index (χ1n) is 10.8. The highest BCUT2D eigenvalue weighted by Gasteiger charge is 2.46. The predicted molar refractivity (Wildman–Crippen MR) is 113 cm³/mol. The van der Waals surface area contributed by atoms with Crippen molar-refractivity contribution in [2.45, 2.75) is 71.3 Å². The second-order valence-corrected chi connectivity index (χ2v) is 9.43. The van der Waals surface area contributed by atoms with Crippen LogP contribution in [0.1, 0.15) is 70.8 Å². The van der Waals surface area contributed by atoms with Crippen LogP contribution < -0.4 is 5.32 Å². The van der Waals surface area contributed by atoms with Crippen LogP contribution in [-0.4, -0.2) is 17.9 Å². The van der Waals surface area contributed by atoms with E-state index in [1.165, 1.54) is 6.42 Å². The molecule has 4 heteroatoms. The molecule has 2 unspecified atom stereocenters. The molecule has 0 bridgehead atoms. The van der Waals surface area contributed by atoms with Crippen molar-refractivity contribution in [3.8, 4) is 0 Å². The van der Waals surface area contributed by atoms with Crippen LogP contribution in [0, 0.1) is 11.3 Å². The van der Waals surface area contributed by atoms with Gasteiger partial charge in [-0.1, -0.05) is 56.7 Å². The normalized spacial score (nSPS) is 27.0. The maximum absolute atomic E-state index is 13.3. The predicted octanol–water partition coefficient (Wildman–Crippen LogP) is 5.02. The first kappa shape index (κ1) is 19.9. The van der Waals surface area contributed by atoms with Crippen LogP contribution in [0.2, 0.25) is 0 Å². The lowest BCUT2D eigenvalue weighted by Crippen LogP contribution is -2.44. The summed E-state index contributed by atoms with van der Waals surface area (Å²) < 4.78 is 5.94. The smallest absolute Gasteiger partial charge is 0.336 e. The van der Waals surface area contributed by atoms with E-state index in [2.05, 4.69) is 25.2 Å². The van der Waals surface area contributed by atoms with Crippen LogP contribution >= 0.6 is 0 Å². The quantitative estimate of drug-likeness (QED) is 0.733. The maximum atomic E-state index is 13.3. The highest BCUT2D eigenvalue weighted by Crippen LogP contribution is 2.47. The fourth-order valence-corrected chi connectivity index (χ4v) is 5.15. The molecule has 3 aliphatic rings. The summed E-state index contributed by atoms with van der Waals surface area (Å²) in [5.41, 5.74) is 3.14. The van der Waals surface area contributed by atoms with Crippen LogP contribution in [0.3, 0.4) is 0 Å². The van der Waals surface area contributed by atoms with Crippen LogP contribution in [-0.2, 0) is 14.3 Å². The van der Waals surface area contributed by atoms with Gasteiger partial charge in [0.25, 0.3) is 0 Å². The Kier molecular flexibility index (Phi) is 5.37. The fraction of sp³-hybridized carbons (Fsp3) is 0.520. The number of carbonyl (C=O) groups is 2. The minimum atomic E-state index is -0.358. The van der Waals surface area contributed by atoms with Crippen LogP contribution in [0.15, 0.2) is 53.4 Å². The molecule has 1 fully saturated rings. The molecule has 1 aromatic rings. The number of Topliss-reactive ketones (excluding diaryl/α,β-unsaturated/α-hetero) is 1. The molecular weight excluding hydrogens is 362 g/mol. The highest BCUT2D eigenvalue weighted by atomic mass is 16.5. The number of nitrogens with one attached hydrogen (secondary N) is 1. The Hall–Kier alpha value is -2.36. The lowest BCUT2D eigenvalue weighted by molar-refractivity contribution is -0.146. The molecule has 1 heterocycles. The summed E-state index contributed by atoms with van der Waals surface area (Å²) in [5.74, 6) is -0.747. The van der Waals surface area contributed by atoms with Gasteiger partial charge in [0.2, 0.25) is 0 Å². The first-order valence-corrected chi connectivity index (χ1v) is 10.8. The van der Waals surface area contributed by atoms with Gasteiger partial charge in [-0.15, -0.1) is 0 Å². The summed E-state index contributed by atoms with van der Waals surface area (Å²) in [6.45, 7) is 6.09. The zero-order chi connectivity index (χ0) is 20.6. The number of benzene rings is 1. The highest BCUT2D eigenvalue weighted by molar-refractivity contribution is 5.96. The average Bonchev–Trinajstić information content (AvgIpc) is 2.67. The minimum Gasteiger partial charge on any atom is -0.459 e. The number of ketones is 1. The number of rotatable bonds is 3. The Bertz CT molecular complexity index is 859. The molecule has 0 spiro atoms. The Balaban J connectivity index is 1.75. The van der Waals surface area contributed by atoms with Gasteiger partial charge in [-0.3, -0.25) is 4.79 Å². The van der Waals surface area contributed by atoms with E-state index >= 15 is 0 Å². The van der Waals surface area contributed by atoms with Crippen molar-refractivity contribution in [2.75, 3.05) is 0 Å². The van der Waals surface area contributed by atoms with E-state index in [-0.39, 0.29) is 35.1 Å². The molecule has 2 atom stereocenters. The Morgan fingerprint density at radius 3 is 2.45 bits per heavy atom. The second kappa shape index (κ2) is 7.81. The Morgan fingerprint density at radius 2 is 1.76 bits per heavy atom. The summed E-state index contributed by atoms with van der Waals surface area (Å²) >= 11 is 0. The fourth-order valence-electron chi connectivity index (χ4n) is 5.15. The molecule has 1 saturated carbocycles. The van der Waals surface area contributed by atoms with E-state index in [0.29, 0.717) is 12.0 Å². The summed E-state index contributed by atoms with van der Waals surface area (Å²) in [5, 5.41) is 3.39. The van der Waals surface area contributed by atoms with Gasteiger partial charge in [0.1, 0.15) is 11.9 Å². The van der Waals surface area contributed by atoms with Gasteiger partial charge in [0.05, 0.1) is 11.5 Å². The molecule has 1 N–H and O–H groups in total. The monoisotopic (exact) mass is 393 g/mol. The number of allylic oxidation sites excluding steroid dienone is 3. The zero-order valence-electron chi connectivity index (χ0n) is 17.7. The zero-order valence-corrected chi connectivity index (χ0v) is 17.7. The first-order chi connectivity index (χ1) is 13.9. The third kappa shape index (κ3) is 4.03.